The van der Waals surface area contributed by atoms with E-state index in [0.29, 0.717) is 0 Å². The SMILES string of the molecule is COc1ccc(N(S)c2ccc3c(cnn3C)c2)cc1. The molecule has 1 aromatic heterocycles. The molecule has 0 bridgehead atoms. The van der Waals surface area contributed by atoms with Crippen molar-refractivity contribution in [2.24, 2.45) is 7.05 Å². The Morgan fingerprint density at radius 2 is 1.80 bits per heavy atom. The number of ether oxygens (including phenoxy) is 1. The van der Waals surface area contributed by atoms with Crippen molar-refractivity contribution < 1.29 is 4.74 Å². The maximum absolute atomic E-state index is 5.16. The van der Waals surface area contributed by atoms with Gasteiger partial charge in [0.15, 0.2) is 0 Å². The fraction of sp³-hybridized carbons (Fsp3) is 0.133. The van der Waals surface area contributed by atoms with E-state index < -0.39 is 0 Å². The van der Waals surface area contributed by atoms with E-state index in [9.17, 15) is 0 Å². The summed E-state index contributed by atoms with van der Waals surface area (Å²) in [6.45, 7) is 0. The van der Waals surface area contributed by atoms with Gasteiger partial charge in [-0.2, -0.15) is 5.10 Å². The Bertz CT molecular complexity index is 736. The zero-order valence-electron chi connectivity index (χ0n) is 11.3. The van der Waals surface area contributed by atoms with Gasteiger partial charge in [-0.3, -0.25) is 8.99 Å². The third-order valence-electron chi connectivity index (χ3n) is 3.29. The van der Waals surface area contributed by atoms with E-state index in [0.717, 1.165) is 28.0 Å². The Morgan fingerprint density at radius 1 is 1.10 bits per heavy atom. The molecule has 5 heteroatoms. The Kier molecular flexibility index (Phi) is 3.28. The lowest BCUT2D eigenvalue weighted by atomic mass is 10.2. The number of nitrogens with zero attached hydrogens (tertiary/aromatic N) is 3. The quantitative estimate of drug-likeness (QED) is 0.746. The molecule has 0 unspecified atom stereocenters. The van der Waals surface area contributed by atoms with Crippen molar-refractivity contribution >= 4 is 35.1 Å². The largest absolute Gasteiger partial charge is 0.497 e. The van der Waals surface area contributed by atoms with Crippen molar-refractivity contribution in [2.45, 2.75) is 0 Å². The summed E-state index contributed by atoms with van der Waals surface area (Å²) in [6, 6.07) is 13.9. The van der Waals surface area contributed by atoms with Gasteiger partial charge in [-0.25, -0.2) is 0 Å². The van der Waals surface area contributed by atoms with Gasteiger partial charge in [-0.1, -0.05) is 12.8 Å². The number of fused-ring (bicyclic) bond motifs is 1. The van der Waals surface area contributed by atoms with Crippen molar-refractivity contribution in [1.82, 2.24) is 9.78 Å². The lowest BCUT2D eigenvalue weighted by Gasteiger charge is -2.18. The standard InChI is InChI=1S/C15H15N3OS/c1-17-15-8-5-13(9-11(15)10-16-17)18(20)12-3-6-14(19-2)7-4-12/h3-10,20H,1-2H3. The smallest absolute Gasteiger partial charge is 0.119 e. The summed E-state index contributed by atoms with van der Waals surface area (Å²) in [6.07, 6.45) is 1.86. The van der Waals surface area contributed by atoms with Gasteiger partial charge in [0.25, 0.3) is 0 Å². The van der Waals surface area contributed by atoms with Gasteiger partial charge in [0.1, 0.15) is 5.75 Å². The minimum Gasteiger partial charge on any atom is -0.497 e. The highest BCUT2D eigenvalue weighted by atomic mass is 32.1. The van der Waals surface area contributed by atoms with Crippen molar-refractivity contribution in [3.8, 4) is 5.75 Å². The average Bonchev–Trinajstić information content (AvgIpc) is 2.87. The lowest BCUT2D eigenvalue weighted by molar-refractivity contribution is 0.415. The van der Waals surface area contributed by atoms with Crippen LogP contribution in [0.2, 0.25) is 0 Å². The molecule has 20 heavy (non-hydrogen) atoms. The fourth-order valence-electron chi connectivity index (χ4n) is 2.16. The van der Waals surface area contributed by atoms with Crippen LogP contribution in [0.5, 0.6) is 5.75 Å². The maximum atomic E-state index is 5.16. The van der Waals surface area contributed by atoms with Crippen molar-refractivity contribution in [3.63, 3.8) is 0 Å². The summed E-state index contributed by atoms with van der Waals surface area (Å²) in [7, 11) is 3.59. The van der Waals surface area contributed by atoms with Gasteiger partial charge in [-0.05, 0) is 42.5 Å². The summed E-state index contributed by atoms with van der Waals surface area (Å²) >= 11 is 4.57. The fourth-order valence-corrected chi connectivity index (χ4v) is 2.41. The molecule has 0 aliphatic rings. The molecule has 0 N–H and O–H groups in total. The molecule has 3 rings (SSSR count). The van der Waals surface area contributed by atoms with E-state index in [1.807, 2.05) is 58.6 Å². The topological polar surface area (TPSA) is 30.3 Å². The molecule has 0 spiro atoms. The molecule has 0 atom stereocenters. The van der Waals surface area contributed by atoms with Crippen molar-refractivity contribution in [3.05, 3.63) is 48.7 Å². The Morgan fingerprint density at radius 3 is 2.50 bits per heavy atom. The molecule has 0 fully saturated rings. The summed E-state index contributed by atoms with van der Waals surface area (Å²) in [5.74, 6) is 0.832. The van der Waals surface area contributed by atoms with Gasteiger partial charge >= 0.3 is 0 Å². The summed E-state index contributed by atoms with van der Waals surface area (Å²) in [5.41, 5.74) is 3.08. The molecule has 3 aromatic rings. The molecular formula is C15H15N3OS. The number of methoxy groups -OCH3 is 1. The van der Waals surface area contributed by atoms with E-state index >= 15 is 0 Å². The summed E-state index contributed by atoms with van der Waals surface area (Å²) in [4.78, 5) is 0. The first-order valence-corrected chi connectivity index (χ1v) is 6.64. The molecule has 0 amide bonds. The van der Waals surface area contributed by atoms with Crippen LogP contribution >= 0.6 is 12.8 Å². The molecule has 4 nitrogen and oxygen atoms in total. The van der Waals surface area contributed by atoms with E-state index in [1.165, 1.54) is 0 Å². The average molecular weight is 285 g/mol. The van der Waals surface area contributed by atoms with Crippen LogP contribution in [0.15, 0.2) is 48.7 Å². The first-order valence-electron chi connectivity index (χ1n) is 6.24. The molecule has 0 aliphatic heterocycles. The number of hydrogen-bond acceptors (Lipinski definition) is 4. The van der Waals surface area contributed by atoms with Crippen molar-refractivity contribution in [2.75, 3.05) is 11.4 Å². The van der Waals surface area contributed by atoms with Crippen LogP contribution in [-0.2, 0) is 7.05 Å². The molecule has 102 valence electrons. The molecule has 1 heterocycles. The highest BCUT2D eigenvalue weighted by Crippen LogP contribution is 2.30. The molecule has 0 saturated heterocycles. The van der Waals surface area contributed by atoms with Crippen LogP contribution in [0.4, 0.5) is 11.4 Å². The highest BCUT2D eigenvalue weighted by Gasteiger charge is 2.07. The second kappa shape index (κ2) is 5.09. The van der Waals surface area contributed by atoms with Crippen LogP contribution in [0, 0.1) is 0 Å². The predicted molar refractivity (Wildman–Crippen MR) is 84.8 cm³/mol. The van der Waals surface area contributed by atoms with Gasteiger partial charge in [0, 0.05) is 12.4 Å². The van der Waals surface area contributed by atoms with Crippen LogP contribution < -0.4 is 9.04 Å². The van der Waals surface area contributed by atoms with E-state index in [-0.39, 0.29) is 0 Å². The number of hydrogen-bond donors (Lipinski definition) is 1. The highest BCUT2D eigenvalue weighted by molar-refractivity contribution is 7.82. The first-order chi connectivity index (χ1) is 9.69. The molecular weight excluding hydrogens is 270 g/mol. The van der Waals surface area contributed by atoms with Gasteiger partial charge < -0.3 is 4.74 Å². The van der Waals surface area contributed by atoms with Gasteiger partial charge in [-0.15, -0.1) is 0 Å². The van der Waals surface area contributed by atoms with Crippen LogP contribution in [-0.4, -0.2) is 16.9 Å². The van der Waals surface area contributed by atoms with E-state index in [2.05, 4.69) is 24.0 Å². The normalized spacial score (nSPS) is 10.8. The maximum Gasteiger partial charge on any atom is 0.119 e. The Balaban J connectivity index is 1.96. The van der Waals surface area contributed by atoms with Crippen LogP contribution in [0.1, 0.15) is 0 Å². The zero-order chi connectivity index (χ0) is 14.1. The summed E-state index contributed by atoms with van der Waals surface area (Å²) in [5, 5.41) is 5.34. The molecule has 0 aliphatic carbocycles. The Labute approximate surface area is 123 Å². The van der Waals surface area contributed by atoms with Gasteiger partial charge in [0.2, 0.25) is 0 Å². The van der Waals surface area contributed by atoms with Crippen molar-refractivity contribution in [1.29, 1.82) is 0 Å². The molecule has 0 saturated carbocycles. The monoisotopic (exact) mass is 285 g/mol. The Hall–Kier alpha value is -2.14. The number of aromatic nitrogens is 2. The lowest BCUT2D eigenvalue weighted by Crippen LogP contribution is -2.01. The van der Waals surface area contributed by atoms with Crippen LogP contribution in [0.25, 0.3) is 10.9 Å². The third-order valence-corrected chi connectivity index (χ3v) is 3.75. The zero-order valence-corrected chi connectivity index (χ0v) is 12.2. The second-order valence-corrected chi connectivity index (χ2v) is 4.92. The number of aryl methyl sites for hydroxylation is 1. The number of thiol groups is 1. The number of anilines is 2. The van der Waals surface area contributed by atoms with E-state index in [4.69, 9.17) is 4.74 Å². The van der Waals surface area contributed by atoms with E-state index in [1.54, 1.807) is 7.11 Å². The van der Waals surface area contributed by atoms with Crippen LogP contribution in [0.3, 0.4) is 0 Å². The van der Waals surface area contributed by atoms with Gasteiger partial charge in [0.05, 0.1) is 30.2 Å². The minimum atomic E-state index is 0.832. The number of rotatable bonds is 3. The molecule has 0 radical (unpaired) electrons. The number of benzene rings is 2. The molecule has 2 aromatic carbocycles. The predicted octanol–water partition coefficient (Wildman–Crippen LogP) is 3.56. The summed E-state index contributed by atoms with van der Waals surface area (Å²) < 4.78 is 8.86. The third kappa shape index (κ3) is 2.20. The second-order valence-electron chi connectivity index (χ2n) is 4.52. The first kappa shape index (κ1) is 12.9. The minimum absolute atomic E-state index is 0.832.